The number of hydrogen-bond acceptors (Lipinski definition) is 3. The number of carbonyl (C=O) groups is 1. The fourth-order valence-electron chi connectivity index (χ4n) is 4.10. The Morgan fingerprint density at radius 1 is 0.767 bits per heavy atom. The Bertz CT molecular complexity index is 389. The van der Waals surface area contributed by atoms with Crippen molar-refractivity contribution < 1.29 is 38.0 Å². The van der Waals surface area contributed by atoms with E-state index in [0.29, 0.717) is 5.12 Å². The molecule has 0 amide bonds. The number of quaternary nitrogens is 1. The molecule has 0 aromatic carbocycles. The van der Waals surface area contributed by atoms with Crippen LogP contribution in [-0.2, 0) is 9.53 Å². The molecular weight excluding hydrogens is 505 g/mol. The van der Waals surface area contributed by atoms with Crippen molar-refractivity contribution >= 4 is 16.9 Å². The molecule has 0 aromatic heterocycles. The van der Waals surface area contributed by atoms with Crippen molar-refractivity contribution in [3.8, 4) is 0 Å². The van der Waals surface area contributed by atoms with Crippen LogP contribution in [0.25, 0.3) is 0 Å². The molecule has 1 rings (SSSR count). The molecule has 1 aliphatic heterocycles. The van der Waals surface area contributed by atoms with Gasteiger partial charge in [-0.3, -0.25) is 4.79 Å². The van der Waals surface area contributed by atoms with Crippen molar-refractivity contribution in [2.45, 2.75) is 110 Å². The summed E-state index contributed by atoms with van der Waals surface area (Å²) in [6, 6.07) is 0. The highest BCUT2D eigenvalue weighted by molar-refractivity contribution is 8.13. The first-order chi connectivity index (χ1) is 14.2. The number of halogens is 1. The lowest BCUT2D eigenvalue weighted by atomic mass is 10.0. The fourth-order valence-corrected chi connectivity index (χ4v) is 5.15. The standard InChI is InChI=1S/C25H50NO2S.HI/c1-3-4-5-6-7-8-9-10-11-12-13-14-15-16-17-18-25(27)29-24-21-26(2)19-22-28-23-20-26;/h3-24H2,1-2H3;1H/q+1;/p-1. The molecule has 1 heterocycles. The lowest BCUT2D eigenvalue weighted by molar-refractivity contribution is -0.914. The van der Waals surface area contributed by atoms with E-state index in [0.717, 1.165) is 55.9 Å². The third kappa shape index (κ3) is 18.3. The van der Waals surface area contributed by atoms with E-state index < -0.39 is 0 Å². The second-order valence-corrected chi connectivity index (χ2v) is 10.5. The molecular formula is C25H50INO2S. The predicted molar refractivity (Wildman–Crippen MR) is 129 cm³/mol. The normalized spacial score (nSPS) is 15.7. The van der Waals surface area contributed by atoms with E-state index in [1.165, 1.54) is 89.9 Å². The highest BCUT2D eigenvalue weighted by Gasteiger charge is 2.24. The van der Waals surface area contributed by atoms with E-state index in [9.17, 15) is 4.79 Å². The summed E-state index contributed by atoms with van der Waals surface area (Å²) in [4.78, 5) is 12.1. The second kappa shape index (κ2) is 21.5. The SMILES string of the molecule is CCCCCCCCCCCCCCCCCC(=O)SCC[N+]1(C)CCOCC1.[I-]. The van der Waals surface area contributed by atoms with Gasteiger partial charge < -0.3 is 33.2 Å². The van der Waals surface area contributed by atoms with Gasteiger partial charge in [0, 0.05) is 6.42 Å². The van der Waals surface area contributed by atoms with Gasteiger partial charge in [-0.05, 0) is 6.42 Å². The number of nitrogens with zero attached hydrogens (tertiary/aromatic N) is 1. The Labute approximate surface area is 209 Å². The molecule has 0 saturated carbocycles. The lowest BCUT2D eigenvalue weighted by Crippen LogP contribution is -3.00. The van der Waals surface area contributed by atoms with Crippen molar-refractivity contribution in [3.63, 3.8) is 0 Å². The van der Waals surface area contributed by atoms with Crippen LogP contribution in [0.2, 0.25) is 0 Å². The smallest absolute Gasteiger partial charge is 0.189 e. The molecule has 0 bridgehead atoms. The largest absolute Gasteiger partial charge is 1.00 e. The number of hydrogen-bond donors (Lipinski definition) is 0. The molecule has 0 radical (unpaired) electrons. The van der Waals surface area contributed by atoms with Gasteiger partial charge in [0.2, 0.25) is 0 Å². The van der Waals surface area contributed by atoms with Crippen LogP contribution in [0.5, 0.6) is 0 Å². The summed E-state index contributed by atoms with van der Waals surface area (Å²) in [7, 11) is 2.29. The zero-order valence-electron chi connectivity index (χ0n) is 20.1. The van der Waals surface area contributed by atoms with Crippen molar-refractivity contribution in [2.24, 2.45) is 0 Å². The van der Waals surface area contributed by atoms with Crippen LogP contribution in [0, 0.1) is 0 Å². The van der Waals surface area contributed by atoms with Crippen LogP contribution in [0.3, 0.4) is 0 Å². The maximum Gasteiger partial charge on any atom is 0.189 e. The molecule has 0 atom stereocenters. The predicted octanol–water partition coefficient (Wildman–Crippen LogP) is 3.99. The summed E-state index contributed by atoms with van der Waals surface area (Å²) in [5.74, 6) is 0.966. The summed E-state index contributed by atoms with van der Waals surface area (Å²) >= 11 is 1.56. The Morgan fingerprint density at radius 2 is 1.20 bits per heavy atom. The Balaban J connectivity index is 0.00000841. The number of likely N-dealkylation sites (N-methyl/N-ethyl adjacent to an activating group) is 1. The molecule has 180 valence electrons. The molecule has 5 heteroatoms. The average molecular weight is 556 g/mol. The highest BCUT2D eigenvalue weighted by Crippen LogP contribution is 2.16. The summed E-state index contributed by atoms with van der Waals surface area (Å²) < 4.78 is 6.51. The molecule has 1 aliphatic rings. The monoisotopic (exact) mass is 555 g/mol. The van der Waals surface area contributed by atoms with Crippen LogP contribution in [0.1, 0.15) is 110 Å². The zero-order chi connectivity index (χ0) is 21.0. The topological polar surface area (TPSA) is 26.3 Å². The van der Waals surface area contributed by atoms with Gasteiger partial charge in [0.05, 0.1) is 32.6 Å². The minimum Gasteiger partial charge on any atom is -1.00 e. The molecule has 0 aromatic rings. The lowest BCUT2D eigenvalue weighted by Gasteiger charge is -2.37. The van der Waals surface area contributed by atoms with Crippen molar-refractivity contribution in [1.82, 2.24) is 0 Å². The third-order valence-electron chi connectivity index (χ3n) is 6.43. The molecule has 1 fully saturated rings. The number of ether oxygens (including phenoxy) is 1. The van der Waals surface area contributed by atoms with Gasteiger partial charge in [0.15, 0.2) is 5.12 Å². The first-order valence-electron chi connectivity index (χ1n) is 12.7. The van der Waals surface area contributed by atoms with Crippen LogP contribution in [-0.4, -0.2) is 55.2 Å². The summed E-state index contributed by atoms with van der Waals surface area (Å²) in [6.45, 7) is 7.30. The zero-order valence-corrected chi connectivity index (χ0v) is 23.1. The molecule has 0 unspecified atom stereocenters. The molecule has 30 heavy (non-hydrogen) atoms. The molecule has 0 aliphatic carbocycles. The minimum absolute atomic E-state index is 0. The fraction of sp³-hybridized carbons (Fsp3) is 0.960. The van der Waals surface area contributed by atoms with Gasteiger partial charge in [-0.15, -0.1) is 0 Å². The molecule has 0 spiro atoms. The van der Waals surface area contributed by atoms with E-state index in [2.05, 4.69) is 14.0 Å². The Hall–Kier alpha value is 0.670. The van der Waals surface area contributed by atoms with E-state index in [1.54, 1.807) is 11.8 Å². The summed E-state index contributed by atoms with van der Waals surface area (Å²) in [5.41, 5.74) is 0. The number of unbranched alkanes of at least 4 members (excludes halogenated alkanes) is 14. The van der Waals surface area contributed by atoms with E-state index in [1.807, 2.05) is 0 Å². The third-order valence-corrected chi connectivity index (χ3v) is 7.34. The van der Waals surface area contributed by atoms with Crippen molar-refractivity contribution in [3.05, 3.63) is 0 Å². The number of rotatable bonds is 19. The van der Waals surface area contributed by atoms with E-state index in [4.69, 9.17) is 4.74 Å². The number of carbonyl (C=O) groups excluding carboxylic acids is 1. The van der Waals surface area contributed by atoms with Gasteiger partial charge in [-0.25, -0.2) is 0 Å². The van der Waals surface area contributed by atoms with Crippen LogP contribution < -0.4 is 24.0 Å². The molecule has 3 nitrogen and oxygen atoms in total. The van der Waals surface area contributed by atoms with Crippen molar-refractivity contribution in [2.75, 3.05) is 45.6 Å². The van der Waals surface area contributed by atoms with Crippen LogP contribution in [0.4, 0.5) is 0 Å². The van der Waals surface area contributed by atoms with E-state index >= 15 is 0 Å². The summed E-state index contributed by atoms with van der Waals surface area (Å²) in [6.07, 6.45) is 21.4. The van der Waals surface area contributed by atoms with Crippen LogP contribution in [0.15, 0.2) is 0 Å². The molecule has 0 N–H and O–H groups in total. The molecule has 1 saturated heterocycles. The van der Waals surface area contributed by atoms with Gasteiger partial charge in [-0.1, -0.05) is 109 Å². The maximum atomic E-state index is 12.1. The second-order valence-electron chi connectivity index (χ2n) is 9.32. The summed E-state index contributed by atoms with van der Waals surface area (Å²) in [5, 5.41) is 0.402. The van der Waals surface area contributed by atoms with E-state index in [-0.39, 0.29) is 24.0 Å². The van der Waals surface area contributed by atoms with Crippen LogP contribution >= 0.6 is 11.8 Å². The first-order valence-corrected chi connectivity index (χ1v) is 13.7. The highest BCUT2D eigenvalue weighted by atomic mass is 127. The number of morpholine rings is 1. The maximum absolute atomic E-state index is 12.1. The average Bonchev–Trinajstić information content (AvgIpc) is 2.71. The van der Waals surface area contributed by atoms with Crippen molar-refractivity contribution in [1.29, 1.82) is 0 Å². The Kier molecular flexibility index (Phi) is 22.0. The minimum atomic E-state index is 0. The Morgan fingerprint density at radius 3 is 1.67 bits per heavy atom. The van der Waals surface area contributed by atoms with Gasteiger partial charge in [0.25, 0.3) is 0 Å². The number of thioether (sulfide) groups is 1. The quantitative estimate of drug-likeness (QED) is 0.137. The van der Waals surface area contributed by atoms with Gasteiger partial charge >= 0.3 is 0 Å². The van der Waals surface area contributed by atoms with Gasteiger partial charge in [-0.2, -0.15) is 0 Å². The first kappa shape index (κ1) is 30.7. The van der Waals surface area contributed by atoms with Gasteiger partial charge in [0.1, 0.15) is 13.1 Å².